The van der Waals surface area contributed by atoms with Gasteiger partial charge in [0.1, 0.15) is 0 Å². The normalized spacial score (nSPS) is 10.3. The van der Waals surface area contributed by atoms with E-state index in [2.05, 4.69) is 29.8 Å². The van der Waals surface area contributed by atoms with E-state index in [4.69, 9.17) is 5.73 Å². The van der Waals surface area contributed by atoms with E-state index in [9.17, 15) is 4.79 Å². The van der Waals surface area contributed by atoms with Crippen LogP contribution in [0, 0.1) is 0 Å². The van der Waals surface area contributed by atoms with Gasteiger partial charge in [-0.15, -0.1) is 0 Å². The monoisotopic (exact) mass is 298 g/mol. The molecule has 0 aliphatic carbocycles. The Kier molecular flexibility index (Phi) is 5.48. The molecule has 0 aliphatic heterocycles. The van der Waals surface area contributed by atoms with Gasteiger partial charge in [-0.2, -0.15) is 0 Å². The van der Waals surface area contributed by atoms with Gasteiger partial charge in [0, 0.05) is 28.8 Å². The van der Waals surface area contributed by atoms with Crippen LogP contribution in [-0.2, 0) is 0 Å². The summed E-state index contributed by atoms with van der Waals surface area (Å²) < 4.78 is 0.841. The Hall–Kier alpha value is -1.03. The molecular weight excluding hydrogens is 280 g/mol. The molecule has 1 aromatic carbocycles. The minimum absolute atomic E-state index is 0.0571. The second kappa shape index (κ2) is 6.64. The first-order chi connectivity index (χ1) is 8.08. The van der Waals surface area contributed by atoms with Gasteiger partial charge in [0.15, 0.2) is 0 Å². The van der Waals surface area contributed by atoms with Crippen LogP contribution in [0.2, 0.25) is 0 Å². The fraction of sp³-hybridized carbons (Fsp3) is 0.462. The molecule has 4 heteroatoms. The van der Waals surface area contributed by atoms with E-state index in [1.165, 1.54) is 0 Å². The predicted octanol–water partition coefficient (Wildman–Crippen LogP) is 3.29. The predicted molar refractivity (Wildman–Crippen MR) is 75.0 cm³/mol. The second-order valence-corrected chi connectivity index (χ2v) is 4.98. The number of nitrogens with zero attached hydrogens (tertiary/aromatic N) is 1. The van der Waals surface area contributed by atoms with Gasteiger partial charge in [-0.1, -0.05) is 29.8 Å². The smallest absolute Gasteiger partial charge is 0.253 e. The highest BCUT2D eigenvalue weighted by Crippen LogP contribution is 2.18. The Balaban J connectivity index is 2.92. The lowest BCUT2D eigenvalue weighted by molar-refractivity contribution is 0.0755. The van der Waals surface area contributed by atoms with Crippen LogP contribution < -0.4 is 5.73 Å². The van der Waals surface area contributed by atoms with Crippen molar-refractivity contribution in [3.8, 4) is 0 Å². The van der Waals surface area contributed by atoms with Gasteiger partial charge in [0.25, 0.3) is 5.91 Å². The number of nitrogens with two attached hydrogens (primary N) is 1. The number of hydrogen-bond acceptors (Lipinski definition) is 2. The summed E-state index contributed by atoms with van der Waals surface area (Å²) in [5, 5.41) is 0. The number of nitrogen functional groups attached to an aromatic ring is 1. The van der Waals surface area contributed by atoms with E-state index < -0.39 is 0 Å². The highest BCUT2D eigenvalue weighted by Gasteiger charge is 2.14. The van der Waals surface area contributed by atoms with Crippen molar-refractivity contribution in [1.82, 2.24) is 4.90 Å². The molecule has 0 saturated heterocycles. The zero-order valence-corrected chi connectivity index (χ0v) is 12.0. The molecule has 2 N–H and O–H groups in total. The first-order valence-corrected chi connectivity index (χ1v) is 6.73. The maximum Gasteiger partial charge on any atom is 0.253 e. The third-order valence-corrected chi connectivity index (χ3v) is 2.90. The van der Waals surface area contributed by atoms with Crippen molar-refractivity contribution in [3.63, 3.8) is 0 Å². The summed E-state index contributed by atoms with van der Waals surface area (Å²) in [4.78, 5) is 14.2. The highest BCUT2D eigenvalue weighted by molar-refractivity contribution is 9.10. The van der Waals surface area contributed by atoms with Crippen LogP contribution in [0.4, 0.5) is 5.69 Å². The third-order valence-electron chi connectivity index (χ3n) is 2.44. The Bertz CT molecular complexity index is 367. The summed E-state index contributed by atoms with van der Waals surface area (Å²) in [5.41, 5.74) is 7.00. The molecule has 0 bridgehead atoms. The van der Waals surface area contributed by atoms with E-state index in [0.717, 1.165) is 30.4 Å². The van der Waals surface area contributed by atoms with E-state index in [1.54, 1.807) is 12.1 Å². The Morgan fingerprint density at radius 2 is 1.82 bits per heavy atom. The van der Waals surface area contributed by atoms with Crippen molar-refractivity contribution >= 4 is 27.5 Å². The molecule has 0 radical (unpaired) electrons. The molecule has 0 fully saturated rings. The van der Waals surface area contributed by atoms with Gasteiger partial charge in [0.2, 0.25) is 0 Å². The minimum atomic E-state index is 0.0571. The zero-order valence-electron chi connectivity index (χ0n) is 10.4. The van der Waals surface area contributed by atoms with Crippen molar-refractivity contribution in [2.45, 2.75) is 26.7 Å². The lowest BCUT2D eigenvalue weighted by Gasteiger charge is -2.21. The molecule has 0 aliphatic rings. The fourth-order valence-electron chi connectivity index (χ4n) is 1.77. The van der Waals surface area contributed by atoms with Gasteiger partial charge in [0.05, 0.1) is 0 Å². The van der Waals surface area contributed by atoms with Crippen molar-refractivity contribution < 1.29 is 4.79 Å². The molecular formula is C13H19BrN2O. The van der Waals surface area contributed by atoms with Crippen LogP contribution in [0.1, 0.15) is 37.0 Å². The number of benzene rings is 1. The van der Waals surface area contributed by atoms with E-state index in [-0.39, 0.29) is 5.91 Å². The number of carbonyl (C=O) groups excluding carboxylic acids is 1. The summed E-state index contributed by atoms with van der Waals surface area (Å²) >= 11 is 3.36. The van der Waals surface area contributed by atoms with E-state index in [0.29, 0.717) is 11.3 Å². The molecule has 3 nitrogen and oxygen atoms in total. The van der Waals surface area contributed by atoms with Crippen LogP contribution in [0.5, 0.6) is 0 Å². The quantitative estimate of drug-likeness (QED) is 0.848. The number of halogens is 1. The number of amides is 1. The van der Waals surface area contributed by atoms with Crippen LogP contribution in [0.15, 0.2) is 22.7 Å². The molecule has 0 unspecified atom stereocenters. The van der Waals surface area contributed by atoms with Gasteiger partial charge >= 0.3 is 0 Å². The van der Waals surface area contributed by atoms with Crippen LogP contribution in [-0.4, -0.2) is 23.9 Å². The largest absolute Gasteiger partial charge is 0.399 e. The molecule has 0 aromatic heterocycles. The summed E-state index contributed by atoms with van der Waals surface area (Å²) in [6.07, 6.45) is 1.93. The molecule has 1 amide bonds. The average molecular weight is 299 g/mol. The SMILES string of the molecule is CCCN(CCC)C(=O)c1cc(N)cc(Br)c1. The first kappa shape index (κ1) is 14.0. The molecule has 94 valence electrons. The van der Waals surface area contributed by atoms with Gasteiger partial charge in [-0.3, -0.25) is 4.79 Å². The average Bonchev–Trinajstić information content (AvgIpc) is 2.26. The summed E-state index contributed by atoms with van der Waals surface area (Å²) in [6.45, 7) is 5.73. The highest BCUT2D eigenvalue weighted by atomic mass is 79.9. The van der Waals surface area contributed by atoms with Crippen LogP contribution in [0.3, 0.4) is 0 Å². The Labute approximate surface area is 111 Å². The Morgan fingerprint density at radius 1 is 1.24 bits per heavy atom. The number of hydrogen-bond donors (Lipinski definition) is 1. The zero-order chi connectivity index (χ0) is 12.8. The summed E-state index contributed by atoms with van der Waals surface area (Å²) in [6, 6.07) is 5.34. The Morgan fingerprint density at radius 3 is 2.29 bits per heavy atom. The molecule has 0 heterocycles. The van der Waals surface area contributed by atoms with E-state index in [1.807, 2.05) is 11.0 Å². The maximum atomic E-state index is 12.3. The van der Waals surface area contributed by atoms with Gasteiger partial charge in [-0.25, -0.2) is 0 Å². The molecule has 0 saturated carbocycles. The third kappa shape index (κ3) is 4.04. The summed E-state index contributed by atoms with van der Waals surface area (Å²) in [7, 11) is 0. The van der Waals surface area contributed by atoms with Gasteiger partial charge in [-0.05, 0) is 31.0 Å². The van der Waals surface area contributed by atoms with Crippen molar-refractivity contribution in [3.05, 3.63) is 28.2 Å². The summed E-state index contributed by atoms with van der Waals surface area (Å²) in [5.74, 6) is 0.0571. The lowest BCUT2D eigenvalue weighted by Crippen LogP contribution is -2.32. The van der Waals surface area contributed by atoms with Crippen molar-refractivity contribution in [1.29, 1.82) is 0 Å². The van der Waals surface area contributed by atoms with Crippen LogP contribution in [0.25, 0.3) is 0 Å². The minimum Gasteiger partial charge on any atom is -0.399 e. The van der Waals surface area contributed by atoms with E-state index >= 15 is 0 Å². The second-order valence-electron chi connectivity index (χ2n) is 4.07. The fourth-order valence-corrected chi connectivity index (χ4v) is 2.28. The first-order valence-electron chi connectivity index (χ1n) is 5.93. The molecule has 17 heavy (non-hydrogen) atoms. The topological polar surface area (TPSA) is 46.3 Å². The lowest BCUT2D eigenvalue weighted by atomic mass is 10.1. The van der Waals surface area contributed by atoms with Crippen LogP contribution >= 0.6 is 15.9 Å². The number of anilines is 1. The standard InChI is InChI=1S/C13H19BrN2O/c1-3-5-16(6-4-2)13(17)10-7-11(14)9-12(15)8-10/h7-9H,3-6,15H2,1-2H3. The van der Waals surface area contributed by atoms with Crippen molar-refractivity contribution in [2.75, 3.05) is 18.8 Å². The maximum absolute atomic E-state index is 12.3. The van der Waals surface area contributed by atoms with Crippen molar-refractivity contribution in [2.24, 2.45) is 0 Å². The molecule has 1 rings (SSSR count). The molecule has 1 aromatic rings. The number of rotatable bonds is 5. The van der Waals surface area contributed by atoms with Gasteiger partial charge < -0.3 is 10.6 Å². The molecule has 0 atom stereocenters. The number of carbonyl (C=O) groups is 1. The molecule has 0 spiro atoms.